The Morgan fingerprint density at radius 1 is 0.515 bits per heavy atom. The SMILES string of the molecule is CCCCCCCCc1c(-c2ccc(Br)s2)sc(-c2ccc(Br)s2)c1CCCCCCCC. The molecular weight excluding hydrogens is 592 g/mol. The minimum Gasteiger partial charge on any atom is -0.133 e. The number of halogens is 2. The predicted octanol–water partition coefficient (Wildman–Crippen LogP) is 12.5. The molecule has 3 aromatic rings. The van der Waals surface area contributed by atoms with Gasteiger partial charge in [0.25, 0.3) is 0 Å². The van der Waals surface area contributed by atoms with Crippen molar-refractivity contribution in [2.75, 3.05) is 0 Å². The quantitative estimate of drug-likeness (QED) is 0.138. The fourth-order valence-electron chi connectivity index (χ4n) is 4.46. The Bertz CT molecular complexity index is 876. The van der Waals surface area contributed by atoms with Gasteiger partial charge >= 0.3 is 0 Å². The van der Waals surface area contributed by atoms with Crippen LogP contribution in [-0.4, -0.2) is 0 Å². The molecule has 0 aliphatic rings. The van der Waals surface area contributed by atoms with Crippen molar-refractivity contribution in [3.05, 3.63) is 43.0 Å². The molecule has 0 aromatic carbocycles. The maximum Gasteiger partial charge on any atom is 0.0705 e. The molecule has 0 saturated heterocycles. The van der Waals surface area contributed by atoms with Crippen molar-refractivity contribution in [1.29, 1.82) is 0 Å². The highest BCUT2D eigenvalue weighted by molar-refractivity contribution is 9.11. The van der Waals surface area contributed by atoms with E-state index in [-0.39, 0.29) is 0 Å². The first kappa shape index (κ1) is 27.6. The summed E-state index contributed by atoms with van der Waals surface area (Å²) in [6.45, 7) is 4.60. The molecule has 0 atom stereocenters. The molecule has 0 N–H and O–H groups in total. The summed E-state index contributed by atoms with van der Waals surface area (Å²) in [5, 5.41) is 0. The highest BCUT2D eigenvalue weighted by atomic mass is 79.9. The van der Waals surface area contributed by atoms with Crippen LogP contribution in [0.3, 0.4) is 0 Å². The van der Waals surface area contributed by atoms with Crippen LogP contribution in [0.4, 0.5) is 0 Å². The van der Waals surface area contributed by atoms with E-state index in [9.17, 15) is 0 Å². The van der Waals surface area contributed by atoms with Crippen molar-refractivity contribution < 1.29 is 0 Å². The average molecular weight is 631 g/mol. The van der Waals surface area contributed by atoms with Crippen molar-refractivity contribution >= 4 is 65.9 Å². The molecule has 182 valence electrons. The monoisotopic (exact) mass is 628 g/mol. The lowest BCUT2D eigenvalue weighted by Gasteiger charge is -2.09. The zero-order valence-corrected chi connectivity index (χ0v) is 25.8. The highest BCUT2D eigenvalue weighted by Gasteiger charge is 2.22. The number of rotatable bonds is 16. The van der Waals surface area contributed by atoms with Crippen molar-refractivity contribution in [3.63, 3.8) is 0 Å². The zero-order chi connectivity index (χ0) is 23.5. The van der Waals surface area contributed by atoms with E-state index < -0.39 is 0 Å². The molecule has 0 radical (unpaired) electrons. The molecule has 0 amide bonds. The van der Waals surface area contributed by atoms with E-state index >= 15 is 0 Å². The van der Waals surface area contributed by atoms with Gasteiger partial charge in [-0.2, -0.15) is 0 Å². The van der Waals surface area contributed by atoms with E-state index in [0.717, 1.165) is 0 Å². The van der Waals surface area contributed by atoms with Crippen molar-refractivity contribution in [2.24, 2.45) is 0 Å². The summed E-state index contributed by atoms with van der Waals surface area (Å²) < 4.78 is 2.46. The largest absolute Gasteiger partial charge is 0.133 e. The second kappa shape index (κ2) is 15.2. The van der Waals surface area contributed by atoms with Gasteiger partial charge < -0.3 is 0 Å². The predicted molar refractivity (Wildman–Crippen MR) is 161 cm³/mol. The third-order valence-electron chi connectivity index (χ3n) is 6.27. The van der Waals surface area contributed by atoms with Gasteiger partial charge in [-0.05, 0) is 92.9 Å². The van der Waals surface area contributed by atoms with Crippen LogP contribution >= 0.6 is 65.9 Å². The zero-order valence-electron chi connectivity index (χ0n) is 20.2. The molecule has 3 aromatic heterocycles. The summed E-state index contributed by atoms with van der Waals surface area (Å²) in [6.07, 6.45) is 18.8. The first-order chi connectivity index (χ1) is 16.1. The minimum absolute atomic E-state index is 1.23. The highest BCUT2D eigenvalue weighted by Crippen LogP contribution is 2.48. The molecule has 0 fully saturated rings. The molecule has 0 aliphatic carbocycles. The van der Waals surface area contributed by atoms with Gasteiger partial charge in [0, 0.05) is 19.5 Å². The molecule has 0 unspecified atom stereocenters. The molecule has 0 spiro atoms. The summed E-state index contributed by atoms with van der Waals surface area (Å²) in [7, 11) is 0. The van der Waals surface area contributed by atoms with E-state index in [1.807, 2.05) is 34.0 Å². The van der Waals surface area contributed by atoms with Crippen molar-refractivity contribution in [1.82, 2.24) is 0 Å². The van der Waals surface area contributed by atoms with Crippen LogP contribution in [0.5, 0.6) is 0 Å². The van der Waals surface area contributed by atoms with Crippen LogP contribution in [0, 0.1) is 0 Å². The second-order valence-corrected chi connectivity index (χ2v) is 14.9. The normalized spacial score (nSPS) is 11.5. The molecule has 0 aliphatic heterocycles. The van der Waals surface area contributed by atoms with Gasteiger partial charge in [-0.1, -0.05) is 78.1 Å². The number of unbranched alkanes of at least 4 members (excludes halogenated alkanes) is 10. The topological polar surface area (TPSA) is 0 Å². The number of hydrogen-bond donors (Lipinski definition) is 0. The van der Waals surface area contributed by atoms with E-state index in [1.54, 1.807) is 11.1 Å². The standard InChI is InChI=1S/C28H38Br2S3/c1-3-5-7-9-11-13-15-21-22(16-14-12-10-8-6-4-2)28(24-18-20-26(30)32-24)33-27(21)23-17-19-25(29)31-23/h17-20H,3-16H2,1-2H3. The molecule has 0 saturated carbocycles. The fourth-order valence-corrected chi connectivity index (χ4v) is 8.91. The first-order valence-electron chi connectivity index (χ1n) is 12.8. The Morgan fingerprint density at radius 3 is 1.27 bits per heavy atom. The van der Waals surface area contributed by atoms with Gasteiger partial charge in [0.05, 0.1) is 7.57 Å². The van der Waals surface area contributed by atoms with Crippen LogP contribution in [0.2, 0.25) is 0 Å². The van der Waals surface area contributed by atoms with Crippen LogP contribution < -0.4 is 0 Å². The van der Waals surface area contributed by atoms with E-state index in [1.165, 1.54) is 117 Å². The van der Waals surface area contributed by atoms with E-state index in [4.69, 9.17) is 0 Å². The Kier molecular flexibility index (Phi) is 12.8. The Balaban J connectivity index is 1.85. The van der Waals surface area contributed by atoms with Gasteiger partial charge in [0.2, 0.25) is 0 Å². The smallest absolute Gasteiger partial charge is 0.0705 e. The van der Waals surface area contributed by atoms with E-state index in [2.05, 4.69) is 70.0 Å². The Morgan fingerprint density at radius 2 is 0.909 bits per heavy atom. The summed E-state index contributed by atoms with van der Waals surface area (Å²) >= 11 is 13.2. The van der Waals surface area contributed by atoms with Gasteiger partial charge in [-0.3, -0.25) is 0 Å². The van der Waals surface area contributed by atoms with Gasteiger partial charge in [0.15, 0.2) is 0 Å². The average Bonchev–Trinajstić information content (AvgIpc) is 3.52. The lowest BCUT2D eigenvalue weighted by molar-refractivity contribution is 0.600. The lowest BCUT2D eigenvalue weighted by atomic mass is 9.95. The van der Waals surface area contributed by atoms with Crippen molar-refractivity contribution in [2.45, 2.75) is 104 Å². The first-order valence-corrected chi connectivity index (χ1v) is 16.8. The molecule has 0 bridgehead atoms. The molecule has 3 rings (SSSR count). The molecule has 33 heavy (non-hydrogen) atoms. The molecule has 3 heterocycles. The fraction of sp³-hybridized carbons (Fsp3) is 0.571. The van der Waals surface area contributed by atoms with Crippen LogP contribution in [0.15, 0.2) is 31.8 Å². The summed E-state index contributed by atoms with van der Waals surface area (Å²) in [6, 6.07) is 9.05. The maximum absolute atomic E-state index is 3.71. The Labute approximate surface area is 230 Å². The van der Waals surface area contributed by atoms with Crippen LogP contribution in [-0.2, 0) is 12.8 Å². The molecule has 5 heteroatoms. The lowest BCUT2D eigenvalue weighted by Crippen LogP contribution is -1.95. The van der Waals surface area contributed by atoms with Gasteiger partial charge in [-0.25, -0.2) is 0 Å². The van der Waals surface area contributed by atoms with Crippen LogP contribution in [0.1, 0.15) is 102 Å². The van der Waals surface area contributed by atoms with Crippen LogP contribution in [0.25, 0.3) is 19.5 Å². The van der Waals surface area contributed by atoms with E-state index in [0.29, 0.717) is 0 Å². The molecule has 0 nitrogen and oxygen atoms in total. The summed E-state index contributed by atoms with van der Waals surface area (Å²) in [4.78, 5) is 5.91. The molecular formula is C28H38Br2S3. The number of hydrogen-bond acceptors (Lipinski definition) is 3. The third-order valence-corrected chi connectivity index (χ3v) is 11.2. The van der Waals surface area contributed by atoms with Gasteiger partial charge in [-0.15, -0.1) is 34.0 Å². The third kappa shape index (κ3) is 8.59. The summed E-state index contributed by atoms with van der Waals surface area (Å²) in [5.41, 5.74) is 3.30. The van der Waals surface area contributed by atoms with Gasteiger partial charge in [0.1, 0.15) is 0 Å². The number of thiophene rings is 3. The minimum atomic E-state index is 1.23. The Hall–Kier alpha value is 0.0600. The summed E-state index contributed by atoms with van der Waals surface area (Å²) in [5.74, 6) is 0. The van der Waals surface area contributed by atoms with Crippen molar-refractivity contribution in [3.8, 4) is 19.5 Å². The second-order valence-electron chi connectivity index (χ2n) is 8.96. The maximum atomic E-state index is 3.71.